The van der Waals surface area contributed by atoms with Crippen LogP contribution in [-0.4, -0.2) is 66.5 Å². The van der Waals surface area contributed by atoms with Gasteiger partial charge in [0, 0.05) is 43.4 Å². The zero-order valence-electron chi connectivity index (χ0n) is 29.5. The van der Waals surface area contributed by atoms with E-state index >= 15 is 0 Å². The summed E-state index contributed by atoms with van der Waals surface area (Å²) in [5.74, 6) is -1.07. The highest BCUT2D eigenvalue weighted by Gasteiger charge is 2.48. The second-order valence-electron chi connectivity index (χ2n) is 15.5. The Hall–Kier alpha value is -3.18. The van der Waals surface area contributed by atoms with E-state index in [0.717, 1.165) is 58.2 Å². The fourth-order valence-electron chi connectivity index (χ4n) is 8.25. The van der Waals surface area contributed by atoms with E-state index in [2.05, 4.69) is 34.4 Å². The minimum Gasteiger partial charge on any atom is -0.490 e. The number of allylic oxidation sites excluding steroid dienone is 1. The third-order valence-corrected chi connectivity index (χ3v) is 13.5. The molecule has 5 atom stereocenters. The number of amides is 1. The van der Waals surface area contributed by atoms with Gasteiger partial charge in [0.05, 0.1) is 39.3 Å². The smallest absolute Gasteiger partial charge is 0.394 e. The van der Waals surface area contributed by atoms with Crippen molar-refractivity contribution in [3.63, 3.8) is 0 Å². The largest absolute Gasteiger partial charge is 0.490 e. The van der Waals surface area contributed by atoms with E-state index in [1.807, 2.05) is 12.2 Å². The first-order valence-electron chi connectivity index (χ1n) is 17.8. The average Bonchev–Trinajstić information content (AvgIpc) is 3.17. The van der Waals surface area contributed by atoms with Gasteiger partial charge in [-0.3, -0.25) is 9.59 Å². The van der Waals surface area contributed by atoms with Crippen LogP contribution in [0.3, 0.4) is 0 Å². The Bertz CT molecular complexity index is 1780. The lowest BCUT2D eigenvalue weighted by molar-refractivity contribution is -0.213. The van der Waals surface area contributed by atoms with Gasteiger partial charge in [-0.1, -0.05) is 49.8 Å². The minimum absolute atomic E-state index is 0.0907. The maximum Gasteiger partial charge on any atom is 0.394 e. The lowest BCUT2D eigenvalue weighted by Crippen LogP contribution is -2.49. The van der Waals surface area contributed by atoms with Gasteiger partial charge in [-0.25, -0.2) is 4.21 Å². The Kier molecular flexibility index (Phi) is 10.3. The highest BCUT2D eigenvalue weighted by atomic mass is 32.2. The summed E-state index contributed by atoms with van der Waals surface area (Å²) in [5.41, 5.74) is 2.30. The molecule has 0 N–H and O–H groups in total. The van der Waals surface area contributed by atoms with Crippen molar-refractivity contribution in [3.8, 4) is 5.75 Å². The van der Waals surface area contributed by atoms with Crippen LogP contribution in [0.5, 0.6) is 5.75 Å². The summed E-state index contributed by atoms with van der Waals surface area (Å²) in [6.45, 7) is 5.94. The third kappa shape index (κ3) is 7.54. The lowest BCUT2D eigenvalue weighted by Gasteiger charge is -2.46. The third-order valence-electron chi connectivity index (χ3n) is 11.3. The van der Waals surface area contributed by atoms with Gasteiger partial charge in [-0.2, -0.15) is 17.5 Å². The Morgan fingerprint density at radius 2 is 1.94 bits per heavy atom. The van der Waals surface area contributed by atoms with E-state index in [1.54, 1.807) is 25.3 Å². The molecule has 1 amide bonds. The molecule has 1 spiro atoms. The molecule has 50 heavy (non-hydrogen) atoms. The molecule has 2 bridgehead atoms. The summed E-state index contributed by atoms with van der Waals surface area (Å²) in [4.78, 5) is 29.1. The number of rotatable bonds is 5. The normalized spacial score (nSPS) is 29.5. The first-order chi connectivity index (χ1) is 23.6. The van der Waals surface area contributed by atoms with Crippen molar-refractivity contribution in [2.45, 2.75) is 89.8 Å². The number of anilines is 1. The Morgan fingerprint density at radius 1 is 1.14 bits per heavy atom. The van der Waals surface area contributed by atoms with E-state index in [9.17, 15) is 27.0 Å². The molecule has 2 aliphatic heterocycles. The van der Waals surface area contributed by atoms with Crippen LogP contribution in [0.4, 0.5) is 18.9 Å². The summed E-state index contributed by atoms with van der Waals surface area (Å²) >= 11 is 0. The molecule has 4 aliphatic rings. The predicted octanol–water partition coefficient (Wildman–Crippen LogP) is 8.02. The molecule has 2 aliphatic carbocycles. The van der Waals surface area contributed by atoms with Gasteiger partial charge in [0.2, 0.25) is 0 Å². The quantitative estimate of drug-likeness (QED) is 0.292. The summed E-state index contributed by atoms with van der Waals surface area (Å²) < 4.78 is 71.7. The lowest BCUT2D eigenvalue weighted by atomic mass is 9.68. The number of carbonyl (C=O) groups is 2. The van der Waals surface area contributed by atoms with Crippen molar-refractivity contribution < 1.29 is 36.4 Å². The molecule has 6 rings (SSSR count). The first kappa shape index (κ1) is 36.6. The molecule has 1 saturated carbocycles. The maximum absolute atomic E-state index is 14.2. The molecular weight excluding hydrogens is 665 g/mol. The molecule has 0 radical (unpaired) electrons. The number of hydrogen-bond acceptors (Lipinski definition) is 6. The van der Waals surface area contributed by atoms with Crippen molar-refractivity contribution >= 4 is 27.1 Å². The summed E-state index contributed by atoms with van der Waals surface area (Å²) in [6, 6.07) is 11.8. The molecule has 2 heterocycles. The standard InChI is InChI=1S/C39H49F3N2O5S/c1-26-11-15-32-27(19-26)9-8-17-38(32)24-44-22-29-12-14-31(29)34(48-4)10-6-5-7-18-50(47,23-30(45)21-37(2,3)39(40,41)42)43-36(46)28-13-16-35(49-25-38)33(44)20-28/h6,10-11,13,15-16,19-20,29,31,34H,5,7-9,12,14,17-18,21-25H2,1-4H3/b10-6+/t29-,31+,34-,38-,50+/m0/s1. The van der Waals surface area contributed by atoms with Crippen LogP contribution in [0, 0.1) is 24.2 Å². The number of nitrogens with zero attached hydrogens (tertiary/aromatic N) is 2. The molecule has 2 aromatic rings. The zero-order chi connectivity index (χ0) is 35.9. The second-order valence-corrected chi connectivity index (χ2v) is 18.0. The monoisotopic (exact) mass is 714 g/mol. The van der Waals surface area contributed by atoms with Gasteiger partial charge in [0.15, 0.2) is 0 Å². The zero-order valence-corrected chi connectivity index (χ0v) is 30.3. The summed E-state index contributed by atoms with van der Waals surface area (Å²) in [5, 5.41) is 0. The van der Waals surface area contributed by atoms with Crippen LogP contribution in [0.2, 0.25) is 0 Å². The van der Waals surface area contributed by atoms with Gasteiger partial charge in [0.1, 0.15) is 11.5 Å². The van der Waals surface area contributed by atoms with Crippen LogP contribution in [-0.2, 0) is 31.1 Å². The maximum atomic E-state index is 14.2. The Balaban J connectivity index is 1.40. The van der Waals surface area contributed by atoms with Crippen LogP contribution in [0.15, 0.2) is 52.9 Å². The van der Waals surface area contributed by atoms with E-state index < -0.39 is 45.2 Å². The molecule has 272 valence electrons. The summed E-state index contributed by atoms with van der Waals surface area (Å²) in [6.07, 6.45) is 4.42. The van der Waals surface area contributed by atoms with E-state index in [1.165, 1.54) is 16.7 Å². The summed E-state index contributed by atoms with van der Waals surface area (Å²) in [7, 11) is -1.80. The molecule has 2 aromatic carbocycles. The molecule has 0 unspecified atom stereocenters. The number of methoxy groups -OCH3 is 1. The van der Waals surface area contributed by atoms with Crippen LogP contribution in [0.1, 0.15) is 85.8 Å². The topological polar surface area (TPSA) is 85.3 Å². The number of ether oxygens (including phenoxy) is 2. The highest BCUT2D eigenvalue weighted by molar-refractivity contribution is 7.94. The number of fused-ring (bicyclic) bond motifs is 4. The number of halogens is 3. The number of ketones is 1. The molecule has 0 saturated heterocycles. The molecule has 7 nitrogen and oxygen atoms in total. The number of alkyl halides is 3. The number of aryl methyl sites for hydroxylation is 2. The van der Waals surface area contributed by atoms with Crippen molar-refractivity contribution in [2.24, 2.45) is 21.6 Å². The average molecular weight is 715 g/mol. The van der Waals surface area contributed by atoms with Crippen LogP contribution >= 0.6 is 0 Å². The highest BCUT2D eigenvalue weighted by Crippen LogP contribution is 2.47. The van der Waals surface area contributed by atoms with E-state index in [4.69, 9.17) is 9.47 Å². The van der Waals surface area contributed by atoms with Gasteiger partial charge < -0.3 is 14.4 Å². The number of benzene rings is 2. The first-order valence-corrected chi connectivity index (χ1v) is 19.6. The van der Waals surface area contributed by atoms with Crippen LogP contribution in [0.25, 0.3) is 0 Å². The van der Waals surface area contributed by atoms with Crippen LogP contribution < -0.4 is 9.64 Å². The molecule has 0 aromatic heterocycles. The van der Waals surface area contributed by atoms with Crippen molar-refractivity contribution in [2.75, 3.05) is 43.2 Å². The number of Topliss-reactive ketones (excluding diaryl/α,β-unsaturated/α-hetero) is 1. The van der Waals surface area contributed by atoms with Gasteiger partial charge >= 0.3 is 6.18 Å². The SMILES string of the molecule is CO[C@H]1/C=C/CCC[S@@](=O)(CC(=O)CC(C)(C)C(F)(F)F)=NC(=O)c2ccc3c(c2)N(C[C@@H]2CC[C@H]21)C[C@@]1(CCCc2cc(C)ccc21)CO3. The molecule has 11 heteroatoms. The second kappa shape index (κ2) is 14.1. The van der Waals surface area contributed by atoms with Crippen molar-refractivity contribution in [3.05, 3.63) is 70.8 Å². The fourth-order valence-corrected chi connectivity index (χ4v) is 10.2. The Labute approximate surface area is 294 Å². The minimum atomic E-state index is -4.61. The fraction of sp³-hybridized carbons (Fsp3) is 0.590. The van der Waals surface area contributed by atoms with Gasteiger partial charge in [-0.15, -0.1) is 0 Å². The predicted molar refractivity (Wildman–Crippen MR) is 189 cm³/mol. The molecule has 1 fully saturated rings. The molecular formula is C39H49F3N2O5S. The Morgan fingerprint density at radius 3 is 2.66 bits per heavy atom. The van der Waals surface area contributed by atoms with Gasteiger partial charge in [0.25, 0.3) is 5.91 Å². The van der Waals surface area contributed by atoms with Crippen molar-refractivity contribution in [1.29, 1.82) is 0 Å². The number of carbonyl (C=O) groups excluding carboxylic acids is 2. The number of hydrogen-bond donors (Lipinski definition) is 0. The van der Waals surface area contributed by atoms with E-state index in [0.29, 0.717) is 43.6 Å². The van der Waals surface area contributed by atoms with Crippen molar-refractivity contribution in [1.82, 2.24) is 0 Å². The van der Waals surface area contributed by atoms with E-state index in [-0.39, 0.29) is 22.8 Å². The van der Waals surface area contributed by atoms with Gasteiger partial charge in [-0.05, 0) is 93.0 Å².